The van der Waals surface area contributed by atoms with Crippen LogP contribution in [0.2, 0.25) is 0 Å². The Balaban J connectivity index is 0.000001000. The molecule has 0 spiro atoms. The number of hydrogen-bond donors (Lipinski definition) is 2. The summed E-state index contributed by atoms with van der Waals surface area (Å²) in [5.74, 6) is 0.603. The van der Waals surface area contributed by atoms with Crippen molar-refractivity contribution in [3.63, 3.8) is 0 Å². The summed E-state index contributed by atoms with van der Waals surface area (Å²) in [7, 11) is 0. The van der Waals surface area contributed by atoms with E-state index in [0.29, 0.717) is 5.82 Å². The fraction of sp³-hybridized carbons (Fsp3) is 0.417. The van der Waals surface area contributed by atoms with Crippen LogP contribution >= 0.6 is 24.8 Å². The predicted molar refractivity (Wildman–Crippen MR) is 80.2 cm³/mol. The largest absolute Gasteiger partial charge is 0.345 e. The van der Waals surface area contributed by atoms with Crippen molar-refractivity contribution < 1.29 is 4.79 Å². The summed E-state index contributed by atoms with van der Waals surface area (Å²) in [5.41, 5.74) is 5.96. The highest BCUT2D eigenvalue weighted by atomic mass is 35.5. The van der Waals surface area contributed by atoms with E-state index < -0.39 is 5.54 Å². The number of aromatic nitrogens is 3. The molecule has 8 heteroatoms. The van der Waals surface area contributed by atoms with E-state index in [-0.39, 0.29) is 36.8 Å². The van der Waals surface area contributed by atoms with E-state index >= 15 is 0 Å². The quantitative estimate of drug-likeness (QED) is 0.892. The van der Waals surface area contributed by atoms with Gasteiger partial charge in [-0.3, -0.25) is 9.20 Å². The molecule has 20 heavy (non-hydrogen) atoms. The molecule has 0 saturated heterocycles. The highest BCUT2D eigenvalue weighted by molar-refractivity contribution is 5.89. The predicted octanol–water partition coefficient (Wildman–Crippen LogP) is 1.24. The van der Waals surface area contributed by atoms with Crippen LogP contribution in [0.5, 0.6) is 0 Å². The molecule has 1 amide bonds. The van der Waals surface area contributed by atoms with Gasteiger partial charge in [-0.25, -0.2) is 0 Å². The Morgan fingerprint density at radius 3 is 2.75 bits per heavy atom. The summed E-state index contributed by atoms with van der Waals surface area (Å²) in [6.45, 7) is 1.88. The van der Waals surface area contributed by atoms with Crippen LogP contribution in [0, 0.1) is 0 Å². The molecule has 6 nitrogen and oxygen atoms in total. The van der Waals surface area contributed by atoms with Gasteiger partial charge in [-0.1, -0.05) is 6.07 Å². The number of fused-ring (bicyclic) bond motifs is 1. The van der Waals surface area contributed by atoms with Gasteiger partial charge in [0.25, 0.3) is 0 Å². The number of nitrogens with two attached hydrogens (primary N) is 1. The zero-order valence-corrected chi connectivity index (χ0v) is 12.6. The molecule has 1 aliphatic carbocycles. The van der Waals surface area contributed by atoms with Gasteiger partial charge in [0.15, 0.2) is 11.5 Å². The molecular weight excluding hydrogens is 301 g/mol. The average molecular weight is 318 g/mol. The first-order valence-corrected chi connectivity index (χ1v) is 6.00. The fourth-order valence-corrected chi connectivity index (χ4v) is 1.92. The second kappa shape index (κ2) is 5.95. The van der Waals surface area contributed by atoms with Crippen molar-refractivity contribution in [2.75, 3.05) is 0 Å². The average Bonchev–Trinajstić information content (AvgIpc) is 2.97. The zero-order chi connectivity index (χ0) is 12.8. The Hall–Kier alpha value is -1.37. The lowest BCUT2D eigenvalue weighted by molar-refractivity contribution is -0.123. The van der Waals surface area contributed by atoms with Crippen LogP contribution in [-0.4, -0.2) is 26.0 Å². The van der Waals surface area contributed by atoms with Gasteiger partial charge in [-0.05, 0) is 31.9 Å². The molecule has 2 aromatic heterocycles. The van der Waals surface area contributed by atoms with Crippen molar-refractivity contribution in [1.82, 2.24) is 19.9 Å². The van der Waals surface area contributed by atoms with Crippen molar-refractivity contribution in [1.29, 1.82) is 0 Å². The summed E-state index contributed by atoms with van der Waals surface area (Å²) in [4.78, 5) is 11.9. The third-order valence-electron chi connectivity index (χ3n) is 3.32. The molecule has 1 fully saturated rings. The van der Waals surface area contributed by atoms with Crippen molar-refractivity contribution in [3.05, 3.63) is 30.2 Å². The third-order valence-corrected chi connectivity index (χ3v) is 3.32. The van der Waals surface area contributed by atoms with Crippen LogP contribution < -0.4 is 11.1 Å². The van der Waals surface area contributed by atoms with Gasteiger partial charge in [-0.15, -0.1) is 35.0 Å². The lowest BCUT2D eigenvalue weighted by atomic mass is 10.2. The number of nitrogens with zero attached hydrogens (tertiary/aromatic N) is 3. The minimum absolute atomic E-state index is 0. The van der Waals surface area contributed by atoms with E-state index in [9.17, 15) is 4.79 Å². The molecule has 1 saturated carbocycles. The number of nitrogens with one attached hydrogen (secondary N) is 1. The maximum absolute atomic E-state index is 11.9. The van der Waals surface area contributed by atoms with Crippen LogP contribution in [0.25, 0.3) is 5.65 Å². The molecule has 2 aromatic rings. The first-order chi connectivity index (χ1) is 8.60. The molecule has 0 radical (unpaired) electrons. The molecule has 1 aliphatic rings. The van der Waals surface area contributed by atoms with Gasteiger partial charge in [0.1, 0.15) is 0 Å². The van der Waals surface area contributed by atoms with E-state index in [0.717, 1.165) is 18.5 Å². The van der Waals surface area contributed by atoms with Gasteiger partial charge in [-0.2, -0.15) is 0 Å². The number of carbonyl (C=O) groups excluding carboxylic acids is 1. The van der Waals surface area contributed by atoms with Crippen molar-refractivity contribution in [2.24, 2.45) is 5.73 Å². The number of amides is 1. The van der Waals surface area contributed by atoms with E-state index in [1.807, 2.05) is 35.7 Å². The van der Waals surface area contributed by atoms with Crippen LogP contribution in [-0.2, 0) is 4.79 Å². The summed E-state index contributed by atoms with van der Waals surface area (Å²) in [6.07, 6.45) is 3.39. The van der Waals surface area contributed by atoms with Gasteiger partial charge in [0.2, 0.25) is 5.91 Å². The number of halogens is 2. The first kappa shape index (κ1) is 16.7. The van der Waals surface area contributed by atoms with Crippen molar-refractivity contribution >= 4 is 36.4 Å². The molecule has 1 unspecified atom stereocenters. The summed E-state index contributed by atoms with van der Waals surface area (Å²) >= 11 is 0. The van der Waals surface area contributed by atoms with Gasteiger partial charge < -0.3 is 11.1 Å². The maximum Gasteiger partial charge on any atom is 0.240 e. The van der Waals surface area contributed by atoms with Crippen molar-refractivity contribution in [2.45, 2.75) is 31.3 Å². The lowest BCUT2D eigenvalue weighted by Crippen LogP contribution is -2.43. The molecule has 1 atom stereocenters. The second-order valence-corrected chi connectivity index (χ2v) is 4.84. The summed E-state index contributed by atoms with van der Waals surface area (Å²) in [6, 6.07) is 5.46. The molecule has 3 N–H and O–H groups in total. The third kappa shape index (κ3) is 2.87. The summed E-state index contributed by atoms with van der Waals surface area (Å²) in [5, 5.41) is 11.1. The highest BCUT2D eigenvalue weighted by Gasteiger charge is 2.46. The van der Waals surface area contributed by atoms with E-state index in [1.54, 1.807) is 0 Å². The minimum Gasteiger partial charge on any atom is -0.345 e. The van der Waals surface area contributed by atoms with Gasteiger partial charge in [0, 0.05) is 6.20 Å². The smallest absolute Gasteiger partial charge is 0.240 e. The molecular formula is C12H17Cl2N5O. The highest BCUT2D eigenvalue weighted by Crippen LogP contribution is 2.32. The Kier molecular flexibility index (Phi) is 4.96. The Labute approximate surface area is 128 Å². The van der Waals surface area contributed by atoms with Gasteiger partial charge in [0.05, 0.1) is 11.6 Å². The summed E-state index contributed by atoms with van der Waals surface area (Å²) < 4.78 is 1.86. The molecule has 0 aliphatic heterocycles. The molecule has 3 rings (SSSR count). The van der Waals surface area contributed by atoms with E-state index in [2.05, 4.69) is 15.5 Å². The number of carbonyl (C=O) groups is 1. The Morgan fingerprint density at radius 2 is 2.10 bits per heavy atom. The van der Waals surface area contributed by atoms with E-state index in [1.165, 1.54) is 0 Å². The second-order valence-electron chi connectivity index (χ2n) is 4.84. The monoisotopic (exact) mass is 317 g/mol. The molecule has 2 heterocycles. The van der Waals surface area contributed by atoms with Crippen LogP contribution in [0.15, 0.2) is 24.4 Å². The zero-order valence-electron chi connectivity index (χ0n) is 10.9. The van der Waals surface area contributed by atoms with Crippen LogP contribution in [0.1, 0.15) is 31.6 Å². The number of hydrogen-bond acceptors (Lipinski definition) is 4. The molecule has 110 valence electrons. The van der Waals surface area contributed by atoms with E-state index in [4.69, 9.17) is 5.73 Å². The SMILES string of the molecule is CC(NC(=O)C1(N)CC1)c1nnc2ccccn12.Cl.Cl. The van der Waals surface area contributed by atoms with Crippen molar-refractivity contribution in [3.8, 4) is 0 Å². The number of rotatable bonds is 3. The molecule has 0 aromatic carbocycles. The normalized spacial score (nSPS) is 16.7. The fourth-order valence-electron chi connectivity index (χ4n) is 1.92. The Morgan fingerprint density at radius 1 is 1.40 bits per heavy atom. The maximum atomic E-state index is 11.9. The molecule has 0 bridgehead atoms. The Bertz CT molecular complexity index is 611. The van der Waals surface area contributed by atoms with Crippen LogP contribution in [0.4, 0.5) is 0 Å². The standard InChI is InChI=1S/C12H15N5O.2ClH/c1-8(14-11(18)12(13)5-6-12)10-16-15-9-4-2-3-7-17(9)10;;/h2-4,7-8H,5-6,13H2,1H3,(H,14,18);2*1H. The first-order valence-electron chi connectivity index (χ1n) is 6.00. The minimum atomic E-state index is -0.658. The lowest BCUT2D eigenvalue weighted by Gasteiger charge is -2.15. The topological polar surface area (TPSA) is 85.3 Å². The van der Waals surface area contributed by atoms with Gasteiger partial charge >= 0.3 is 0 Å². The number of pyridine rings is 1. The van der Waals surface area contributed by atoms with Crippen LogP contribution in [0.3, 0.4) is 0 Å².